The van der Waals surface area contributed by atoms with E-state index in [0.29, 0.717) is 27.8 Å². The molecule has 0 spiro atoms. The van der Waals surface area contributed by atoms with E-state index in [0.717, 1.165) is 15.0 Å². The van der Waals surface area contributed by atoms with Gasteiger partial charge in [0.2, 0.25) is 5.91 Å². The Hall–Kier alpha value is -3.41. The number of fused-ring (bicyclic) bond motifs is 1. The van der Waals surface area contributed by atoms with Crippen molar-refractivity contribution in [3.63, 3.8) is 0 Å². The van der Waals surface area contributed by atoms with Crippen molar-refractivity contribution in [2.24, 2.45) is 0 Å². The van der Waals surface area contributed by atoms with E-state index in [4.69, 9.17) is 0 Å². The van der Waals surface area contributed by atoms with Crippen LogP contribution in [0.2, 0.25) is 0 Å². The van der Waals surface area contributed by atoms with E-state index in [9.17, 15) is 22.4 Å². The molecular weight excluding hydrogens is 460 g/mol. The molecule has 33 heavy (non-hydrogen) atoms. The van der Waals surface area contributed by atoms with Crippen LogP contribution in [0.1, 0.15) is 34.1 Å². The van der Waals surface area contributed by atoms with Crippen LogP contribution in [-0.4, -0.2) is 30.5 Å². The number of carbonyl (C=O) groups is 1. The van der Waals surface area contributed by atoms with E-state index in [1.54, 1.807) is 26.0 Å². The predicted octanol–water partition coefficient (Wildman–Crippen LogP) is 4.90. The van der Waals surface area contributed by atoms with Crippen LogP contribution in [-0.2, 0) is 17.4 Å². The molecule has 1 aromatic carbocycles. The van der Waals surface area contributed by atoms with Crippen LogP contribution in [0.5, 0.6) is 0 Å². The summed E-state index contributed by atoms with van der Waals surface area (Å²) in [5, 5.41) is 6.66. The average Bonchev–Trinajstić information content (AvgIpc) is 3.32. The van der Waals surface area contributed by atoms with Gasteiger partial charge in [0.25, 0.3) is 11.6 Å². The first-order valence-corrected chi connectivity index (χ1v) is 10.7. The fourth-order valence-corrected chi connectivity index (χ4v) is 4.29. The lowest BCUT2D eigenvalue weighted by Crippen LogP contribution is -2.14. The number of alkyl halides is 3. The molecule has 4 aromatic rings. The summed E-state index contributed by atoms with van der Waals surface area (Å²) in [6, 6.07) is 5.92. The number of rotatable bonds is 5. The lowest BCUT2D eigenvalue weighted by Gasteiger charge is -2.10. The molecule has 0 unspecified atom stereocenters. The SMILES string of the molecule is Cc1nc2nc(C(F)(F)F)nn2c(C)c1CCC(=O)Nc1nc(-c2ccc(F)cc2)c(C)s1. The standard InChI is InChI=1S/C21H18F4N6OS/c1-10-15(11(2)31-19(26-10)29-18(30-31)21(23,24)25)8-9-16(32)27-20-28-17(12(3)33-20)13-4-6-14(22)7-5-13/h4-7H,8-9H2,1-3H3,(H,27,28,32). The number of anilines is 1. The van der Waals surface area contributed by atoms with Gasteiger partial charge in [-0.25, -0.2) is 18.9 Å². The van der Waals surface area contributed by atoms with Crippen molar-refractivity contribution in [2.75, 3.05) is 5.32 Å². The van der Waals surface area contributed by atoms with Gasteiger partial charge in [-0.15, -0.1) is 16.4 Å². The molecule has 0 fully saturated rings. The van der Waals surface area contributed by atoms with Gasteiger partial charge in [-0.3, -0.25) is 4.79 Å². The Bertz CT molecular complexity index is 1340. The van der Waals surface area contributed by atoms with E-state index in [1.165, 1.54) is 23.5 Å². The zero-order valence-corrected chi connectivity index (χ0v) is 18.6. The molecule has 0 radical (unpaired) electrons. The highest BCUT2D eigenvalue weighted by atomic mass is 32.1. The first-order chi connectivity index (χ1) is 15.5. The molecule has 7 nitrogen and oxygen atoms in total. The third kappa shape index (κ3) is 4.70. The van der Waals surface area contributed by atoms with Crippen molar-refractivity contribution in [1.29, 1.82) is 0 Å². The van der Waals surface area contributed by atoms with Crippen molar-refractivity contribution in [1.82, 2.24) is 24.6 Å². The van der Waals surface area contributed by atoms with Crippen LogP contribution in [0, 0.1) is 26.6 Å². The van der Waals surface area contributed by atoms with Gasteiger partial charge in [-0.2, -0.15) is 18.2 Å². The Balaban J connectivity index is 1.48. The predicted molar refractivity (Wildman–Crippen MR) is 114 cm³/mol. The molecule has 0 aliphatic rings. The molecule has 0 aliphatic heterocycles. The maximum absolute atomic E-state index is 13.2. The van der Waals surface area contributed by atoms with Gasteiger partial charge in [0.15, 0.2) is 5.13 Å². The highest BCUT2D eigenvalue weighted by molar-refractivity contribution is 7.16. The molecule has 0 saturated heterocycles. The van der Waals surface area contributed by atoms with Gasteiger partial charge >= 0.3 is 6.18 Å². The van der Waals surface area contributed by atoms with Crippen molar-refractivity contribution >= 4 is 28.2 Å². The van der Waals surface area contributed by atoms with Crippen molar-refractivity contribution in [2.45, 2.75) is 39.8 Å². The number of hydrogen-bond acceptors (Lipinski definition) is 6. The lowest BCUT2D eigenvalue weighted by molar-refractivity contribution is -0.144. The van der Waals surface area contributed by atoms with E-state index in [2.05, 4.69) is 25.4 Å². The Morgan fingerprint density at radius 3 is 2.45 bits per heavy atom. The molecule has 3 heterocycles. The molecule has 0 aliphatic carbocycles. The van der Waals surface area contributed by atoms with Crippen molar-refractivity contribution in [3.8, 4) is 11.3 Å². The largest absolute Gasteiger partial charge is 0.453 e. The Morgan fingerprint density at radius 2 is 1.79 bits per heavy atom. The quantitative estimate of drug-likeness (QED) is 0.413. The smallest absolute Gasteiger partial charge is 0.302 e. The number of halogens is 4. The average molecular weight is 478 g/mol. The fourth-order valence-electron chi connectivity index (χ4n) is 3.44. The van der Waals surface area contributed by atoms with Crippen LogP contribution in [0.25, 0.3) is 17.0 Å². The van der Waals surface area contributed by atoms with Gasteiger partial charge in [0, 0.05) is 28.2 Å². The van der Waals surface area contributed by atoms with Crippen LogP contribution < -0.4 is 5.32 Å². The number of carbonyl (C=O) groups excluding carboxylic acids is 1. The summed E-state index contributed by atoms with van der Waals surface area (Å²) in [6.07, 6.45) is -4.35. The van der Waals surface area contributed by atoms with Gasteiger partial charge in [0.05, 0.1) is 5.69 Å². The topological polar surface area (TPSA) is 85.1 Å². The van der Waals surface area contributed by atoms with Gasteiger partial charge in [-0.05, 0) is 57.0 Å². The number of benzene rings is 1. The Labute approximate surface area is 189 Å². The third-order valence-corrected chi connectivity index (χ3v) is 5.95. The zero-order valence-electron chi connectivity index (χ0n) is 17.8. The van der Waals surface area contributed by atoms with E-state index in [1.807, 2.05) is 6.92 Å². The monoisotopic (exact) mass is 478 g/mol. The number of nitrogens with zero attached hydrogens (tertiary/aromatic N) is 5. The maximum atomic E-state index is 13.2. The summed E-state index contributed by atoms with van der Waals surface area (Å²) >= 11 is 1.30. The van der Waals surface area contributed by atoms with Crippen LogP contribution >= 0.6 is 11.3 Å². The molecule has 4 rings (SSSR count). The third-order valence-electron chi connectivity index (χ3n) is 5.07. The minimum absolute atomic E-state index is 0.0696. The minimum Gasteiger partial charge on any atom is -0.302 e. The highest BCUT2D eigenvalue weighted by Gasteiger charge is 2.37. The Morgan fingerprint density at radius 1 is 1.09 bits per heavy atom. The Kier molecular flexibility index (Phi) is 5.87. The van der Waals surface area contributed by atoms with Crippen LogP contribution in [0.3, 0.4) is 0 Å². The zero-order chi connectivity index (χ0) is 23.9. The summed E-state index contributed by atoms with van der Waals surface area (Å²) in [7, 11) is 0. The number of thiazole rings is 1. The summed E-state index contributed by atoms with van der Waals surface area (Å²) in [5.41, 5.74) is 2.94. The molecule has 0 atom stereocenters. The molecule has 12 heteroatoms. The number of hydrogen-bond donors (Lipinski definition) is 1. The van der Waals surface area contributed by atoms with E-state index < -0.39 is 12.0 Å². The fraction of sp³-hybridized carbons (Fsp3) is 0.286. The second-order valence-corrected chi connectivity index (χ2v) is 8.59. The minimum atomic E-state index is -4.67. The maximum Gasteiger partial charge on any atom is 0.453 e. The molecule has 172 valence electrons. The second kappa shape index (κ2) is 8.50. The summed E-state index contributed by atoms with van der Waals surface area (Å²) in [5.74, 6) is -2.05. The first-order valence-electron chi connectivity index (χ1n) is 9.86. The molecular formula is C21H18F4N6OS. The van der Waals surface area contributed by atoms with Gasteiger partial charge < -0.3 is 5.32 Å². The number of nitrogens with one attached hydrogen (secondary N) is 1. The number of aromatic nitrogens is 5. The molecule has 1 N–H and O–H groups in total. The van der Waals surface area contributed by atoms with Gasteiger partial charge in [0.1, 0.15) is 5.82 Å². The van der Waals surface area contributed by atoms with Crippen LogP contribution in [0.15, 0.2) is 24.3 Å². The molecule has 0 saturated carbocycles. The van der Waals surface area contributed by atoms with Crippen molar-refractivity contribution < 1.29 is 22.4 Å². The normalized spacial score (nSPS) is 11.8. The molecule has 3 aromatic heterocycles. The number of aryl methyl sites for hydroxylation is 3. The van der Waals surface area contributed by atoms with Crippen LogP contribution in [0.4, 0.5) is 22.7 Å². The molecule has 1 amide bonds. The molecule has 0 bridgehead atoms. The van der Waals surface area contributed by atoms with E-state index in [-0.39, 0.29) is 30.3 Å². The number of amides is 1. The second-order valence-electron chi connectivity index (χ2n) is 7.39. The summed E-state index contributed by atoms with van der Waals surface area (Å²) in [6.45, 7) is 5.12. The highest BCUT2D eigenvalue weighted by Crippen LogP contribution is 2.31. The first kappa shape index (κ1) is 22.8. The lowest BCUT2D eigenvalue weighted by atomic mass is 10.1. The van der Waals surface area contributed by atoms with Crippen molar-refractivity contribution in [3.05, 3.63) is 57.7 Å². The van der Waals surface area contributed by atoms with Gasteiger partial charge in [-0.1, -0.05) is 0 Å². The summed E-state index contributed by atoms with van der Waals surface area (Å²) < 4.78 is 53.0. The summed E-state index contributed by atoms with van der Waals surface area (Å²) in [4.78, 5) is 25.4. The van der Waals surface area contributed by atoms with E-state index >= 15 is 0 Å².